The molecule has 0 aromatic carbocycles. The maximum absolute atomic E-state index is 13.2. The number of hydrogen-bond acceptors (Lipinski definition) is 8. The molecule has 0 aliphatic carbocycles. The molecular formula is C20H23F3N8O3S. The first kappa shape index (κ1) is 26.1. The number of imidazole rings is 2. The van der Waals surface area contributed by atoms with Gasteiger partial charge in [-0.05, 0) is 18.7 Å². The lowest BCUT2D eigenvalue weighted by atomic mass is 10.4. The van der Waals surface area contributed by atoms with Crippen LogP contribution in [0.25, 0.3) is 11.2 Å². The number of hydrogen-bond donors (Lipinski definition) is 2. The summed E-state index contributed by atoms with van der Waals surface area (Å²) in [4.78, 5) is 38.0. The second-order valence-electron chi connectivity index (χ2n) is 7.32. The largest absolute Gasteiger partial charge is 0.490 e. The van der Waals surface area contributed by atoms with Gasteiger partial charge in [0.2, 0.25) is 5.95 Å². The van der Waals surface area contributed by atoms with Crippen LogP contribution in [0.3, 0.4) is 0 Å². The number of fused-ring (bicyclic) bond motifs is 1. The Kier molecular flexibility index (Phi) is 8.07. The lowest BCUT2D eigenvalue weighted by Gasteiger charge is -2.28. The van der Waals surface area contributed by atoms with E-state index in [1.54, 1.807) is 24.7 Å². The van der Waals surface area contributed by atoms with E-state index < -0.39 is 12.1 Å². The van der Waals surface area contributed by atoms with Crippen LogP contribution in [0, 0.1) is 11.8 Å². The van der Waals surface area contributed by atoms with Gasteiger partial charge in [0.1, 0.15) is 0 Å². The van der Waals surface area contributed by atoms with Crippen molar-refractivity contribution in [2.75, 3.05) is 31.1 Å². The molecule has 188 valence electrons. The fraction of sp³-hybridized carbons (Fsp3) is 0.450. The molecule has 3 aromatic heterocycles. The fourth-order valence-electron chi connectivity index (χ4n) is 3.17. The van der Waals surface area contributed by atoms with Crippen molar-refractivity contribution in [1.29, 1.82) is 0 Å². The Hall–Kier alpha value is -3.51. The van der Waals surface area contributed by atoms with E-state index in [2.05, 4.69) is 32.0 Å². The van der Waals surface area contributed by atoms with Crippen molar-refractivity contribution in [3.8, 4) is 11.8 Å². The summed E-state index contributed by atoms with van der Waals surface area (Å²) >= 11 is 1.35. The van der Waals surface area contributed by atoms with Crippen molar-refractivity contribution >= 4 is 34.8 Å². The number of carboxylic acids is 1. The summed E-state index contributed by atoms with van der Waals surface area (Å²) in [6, 6.07) is 0. The molecule has 1 aliphatic rings. The number of carboxylic acid groups (broad SMARTS) is 1. The van der Waals surface area contributed by atoms with Crippen molar-refractivity contribution in [1.82, 2.24) is 34.0 Å². The van der Waals surface area contributed by atoms with Gasteiger partial charge in [0, 0.05) is 52.7 Å². The van der Waals surface area contributed by atoms with Crippen LogP contribution in [0.2, 0.25) is 0 Å². The van der Waals surface area contributed by atoms with E-state index in [0.29, 0.717) is 22.9 Å². The van der Waals surface area contributed by atoms with Gasteiger partial charge in [-0.2, -0.15) is 18.2 Å². The highest BCUT2D eigenvalue weighted by Crippen LogP contribution is 2.26. The van der Waals surface area contributed by atoms with Crippen LogP contribution in [0.1, 0.15) is 6.92 Å². The van der Waals surface area contributed by atoms with Crippen LogP contribution in [0.5, 0.6) is 0 Å². The Bertz CT molecular complexity index is 1330. The molecule has 15 heteroatoms. The Morgan fingerprint density at radius 2 is 1.89 bits per heavy atom. The molecule has 0 spiro atoms. The van der Waals surface area contributed by atoms with Gasteiger partial charge in [0.15, 0.2) is 21.5 Å². The molecule has 35 heavy (non-hydrogen) atoms. The third-order valence-corrected chi connectivity index (χ3v) is 6.06. The molecule has 2 N–H and O–H groups in total. The summed E-state index contributed by atoms with van der Waals surface area (Å²) in [6.45, 7) is 5.63. The Balaban J connectivity index is 0.000000429. The number of piperazine rings is 1. The van der Waals surface area contributed by atoms with Crippen LogP contribution in [0.4, 0.5) is 19.1 Å². The zero-order valence-electron chi connectivity index (χ0n) is 19.1. The van der Waals surface area contributed by atoms with E-state index in [9.17, 15) is 18.0 Å². The van der Waals surface area contributed by atoms with Gasteiger partial charge in [-0.3, -0.25) is 13.9 Å². The monoisotopic (exact) mass is 512 g/mol. The van der Waals surface area contributed by atoms with E-state index in [1.807, 2.05) is 22.4 Å². The second-order valence-corrected chi connectivity index (χ2v) is 8.25. The van der Waals surface area contributed by atoms with E-state index in [0.717, 1.165) is 37.3 Å². The molecule has 0 saturated carbocycles. The first-order valence-electron chi connectivity index (χ1n) is 10.3. The van der Waals surface area contributed by atoms with E-state index in [1.165, 1.54) is 11.8 Å². The number of rotatable bonds is 4. The molecule has 0 amide bonds. The topological polar surface area (TPSA) is 123 Å². The zero-order chi connectivity index (χ0) is 25.8. The highest BCUT2D eigenvalue weighted by atomic mass is 32.2. The molecule has 1 fully saturated rings. The number of halogens is 3. The predicted molar refractivity (Wildman–Crippen MR) is 122 cm³/mol. The SMILES string of the molecule is CC#CCn1c(N2CCNCC2)nc2nc(Sc3nccn3C)n(C)c(=O)c21.O=C(O)C(F)(F)F. The highest BCUT2D eigenvalue weighted by molar-refractivity contribution is 7.99. The molecule has 1 saturated heterocycles. The second kappa shape index (κ2) is 10.8. The number of alkyl halides is 3. The molecule has 4 rings (SSSR count). The minimum atomic E-state index is -5.08. The minimum Gasteiger partial charge on any atom is -0.475 e. The lowest BCUT2D eigenvalue weighted by molar-refractivity contribution is -0.192. The van der Waals surface area contributed by atoms with Gasteiger partial charge in [-0.15, -0.1) is 5.92 Å². The number of aliphatic carboxylic acids is 1. The van der Waals surface area contributed by atoms with Crippen LogP contribution >= 0.6 is 11.8 Å². The molecule has 0 bridgehead atoms. The van der Waals surface area contributed by atoms with Gasteiger partial charge in [-0.1, -0.05) is 5.92 Å². The summed E-state index contributed by atoms with van der Waals surface area (Å²) in [5.74, 6) is 3.97. The average Bonchev–Trinajstić information content (AvgIpc) is 3.39. The fourth-order valence-corrected chi connectivity index (χ4v) is 4.00. The quantitative estimate of drug-likeness (QED) is 0.391. The van der Waals surface area contributed by atoms with Gasteiger partial charge in [-0.25, -0.2) is 14.8 Å². The summed E-state index contributed by atoms with van der Waals surface area (Å²) in [7, 11) is 3.64. The third kappa shape index (κ3) is 5.95. The maximum Gasteiger partial charge on any atom is 0.490 e. The molecule has 0 radical (unpaired) electrons. The molecule has 0 unspecified atom stereocenters. The van der Waals surface area contributed by atoms with Crippen molar-refractivity contribution in [2.45, 2.75) is 30.0 Å². The Morgan fingerprint density at radius 1 is 1.23 bits per heavy atom. The highest BCUT2D eigenvalue weighted by Gasteiger charge is 2.38. The summed E-state index contributed by atoms with van der Waals surface area (Å²) < 4.78 is 37.1. The smallest absolute Gasteiger partial charge is 0.475 e. The van der Waals surface area contributed by atoms with Crippen LogP contribution in [-0.4, -0.2) is 72.1 Å². The van der Waals surface area contributed by atoms with Crippen molar-refractivity contribution in [3.05, 3.63) is 22.7 Å². The van der Waals surface area contributed by atoms with Crippen LogP contribution < -0.4 is 15.8 Å². The van der Waals surface area contributed by atoms with Crippen molar-refractivity contribution in [2.24, 2.45) is 14.1 Å². The molecule has 4 heterocycles. The van der Waals surface area contributed by atoms with Crippen LogP contribution in [0.15, 0.2) is 27.5 Å². The number of carbonyl (C=O) groups is 1. The number of nitrogens with zero attached hydrogens (tertiary/aromatic N) is 7. The summed E-state index contributed by atoms with van der Waals surface area (Å²) in [5, 5.41) is 11.8. The summed E-state index contributed by atoms with van der Waals surface area (Å²) in [6.07, 6.45) is -1.50. The number of anilines is 1. The first-order valence-corrected chi connectivity index (χ1v) is 11.1. The van der Waals surface area contributed by atoms with E-state index in [4.69, 9.17) is 14.9 Å². The molecule has 1 aliphatic heterocycles. The van der Waals surface area contributed by atoms with Gasteiger partial charge in [0.25, 0.3) is 5.56 Å². The Morgan fingerprint density at radius 3 is 2.43 bits per heavy atom. The summed E-state index contributed by atoms with van der Waals surface area (Å²) in [5.41, 5.74) is 0.808. The van der Waals surface area contributed by atoms with E-state index in [-0.39, 0.29) is 5.56 Å². The normalized spacial score (nSPS) is 13.7. The van der Waals surface area contributed by atoms with E-state index >= 15 is 0 Å². The van der Waals surface area contributed by atoms with Crippen molar-refractivity contribution in [3.63, 3.8) is 0 Å². The first-order chi connectivity index (χ1) is 16.5. The zero-order valence-corrected chi connectivity index (χ0v) is 19.9. The van der Waals surface area contributed by atoms with Gasteiger partial charge in [0.05, 0.1) is 6.54 Å². The Labute approximate surface area is 202 Å². The molecule has 3 aromatic rings. The minimum absolute atomic E-state index is 0.131. The van der Waals surface area contributed by atoms with Gasteiger partial charge < -0.3 is 19.9 Å². The van der Waals surface area contributed by atoms with Crippen LogP contribution in [-0.2, 0) is 25.4 Å². The van der Waals surface area contributed by atoms with Gasteiger partial charge >= 0.3 is 12.1 Å². The number of nitrogens with one attached hydrogen (secondary N) is 1. The predicted octanol–water partition coefficient (Wildman–Crippen LogP) is 1.08. The number of aryl methyl sites for hydroxylation is 1. The standard InChI is InChI=1S/C18H22N8OS.C2HF3O2/c1-4-5-9-26-13-14(21-16(26)25-11-6-19-7-12-25)22-18(24(3)15(13)27)28-17-20-8-10-23(17)2;3-2(4,5)1(6)7/h8,10,19H,6-7,9,11-12H2,1-3H3;(H,6,7). The lowest BCUT2D eigenvalue weighted by Crippen LogP contribution is -2.44. The molecule has 0 atom stereocenters. The average molecular weight is 513 g/mol. The molecular weight excluding hydrogens is 489 g/mol. The third-order valence-electron chi connectivity index (χ3n) is 4.94. The molecule has 11 nitrogen and oxygen atoms in total. The number of aromatic nitrogens is 6. The maximum atomic E-state index is 13.2. The van der Waals surface area contributed by atoms with Crippen molar-refractivity contribution < 1.29 is 23.1 Å².